The Bertz CT molecular complexity index is 581. The van der Waals surface area contributed by atoms with Crippen molar-refractivity contribution < 1.29 is 4.79 Å². The highest BCUT2D eigenvalue weighted by atomic mass is 79.9. The summed E-state index contributed by atoms with van der Waals surface area (Å²) < 4.78 is 0.816. The fourth-order valence-corrected chi connectivity index (χ4v) is 2.34. The fraction of sp³-hybridized carbons (Fsp3) is 0.188. The van der Waals surface area contributed by atoms with E-state index in [1.54, 1.807) is 0 Å². The van der Waals surface area contributed by atoms with E-state index in [2.05, 4.69) is 21.2 Å². The first-order valence-electron chi connectivity index (χ1n) is 6.20. The van der Waals surface area contributed by atoms with Gasteiger partial charge in [0, 0.05) is 4.47 Å². The number of hydrogen-bond acceptors (Lipinski definition) is 1. The van der Waals surface area contributed by atoms with Crippen LogP contribution >= 0.6 is 15.9 Å². The first-order valence-corrected chi connectivity index (χ1v) is 6.99. The van der Waals surface area contributed by atoms with Gasteiger partial charge in [0.2, 0.25) is 0 Å². The van der Waals surface area contributed by atoms with E-state index in [1.165, 1.54) is 0 Å². The summed E-state index contributed by atoms with van der Waals surface area (Å²) in [6, 6.07) is 15.7. The molecule has 1 amide bonds. The van der Waals surface area contributed by atoms with Crippen LogP contribution in [-0.2, 0) is 0 Å². The van der Waals surface area contributed by atoms with Crippen molar-refractivity contribution in [1.82, 2.24) is 5.32 Å². The summed E-state index contributed by atoms with van der Waals surface area (Å²) in [7, 11) is 0. The highest BCUT2D eigenvalue weighted by molar-refractivity contribution is 9.10. The minimum Gasteiger partial charge on any atom is -0.345 e. The molecule has 0 aromatic heterocycles. The molecule has 98 valence electrons. The molecule has 0 aliphatic rings. The van der Waals surface area contributed by atoms with Gasteiger partial charge in [0.1, 0.15) is 0 Å². The average molecular weight is 318 g/mol. The van der Waals surface area contributed by atoms with E-state index in [9.17, 15) is 4.79 Å². The molecular weight excluding hydrogens is 302 g/mol. The Morgan fingerprint density at radius 3 is 2.53 bits per heavy atom. The Balaban J connectivity index is 2.15. The number of hydrogen-bond donors (Lipinski definition) is 1. The quantitative estimate of drug-likeness (QED) is 0.901. The lowest BCUT2D eigenvalue weighted by Crippen LogP contribution is -2.27. The Morgan fingerprint density at radius 2 is 1.84 bits per heavy atom. The van der Waals surface area contributed by atoms with Gasteiger partial charge in [0.25, 0.3) is 5.91 Å². The van der Waals surface area contributed by atoms with Gasteiger partial charge in [-0.3, -0.25) is 4.79 Å². The molecule has 2 rings (SSSR count). The van der Waals surface area contributed by atoms with E-state index in [4.69, 9.17) is 0 Å². The minimum absolute atomic E-state index is 0.0129. The van der Waals surface area contributed by atoms with Crippen molar-refractivity contribution in [3.63, 3.8) is 0 Å². The van der Waals surface area contributed by atoms with Crippen LogP contribution in [0.2, 0.25) is 0 Å². The third kappa shape index (κ3) is 3.44. The van der Waals surface area contributed by atoms with E-state index in [0.29, 0.717) is 5.56 Å². The summed E-state index contributed by atoms with van der Waals surface area (Å²) >= 11 is 3.42. The monoisotopic (exact) mass is 317 g/mol. The molecule has 0 spiro atoms. The number of rotatable bonds is 3. The number of amides is 1. The third-order valence-corrected chi connectivity index (χ3v) is 3.71. The summed E-state index contributed by atoms with van der Waals surface area (Å²) in [6.07, 6.45) is 0. The molecule has 1 atom stereocenters. The highest BCUT2D eigenvalue weighted by Gasteiger charge is 2.13. The average Bonchev–Trinajstić information content (AvgIpc) is 2.42. The molecule has 0 aliphatic carbocycles. The van der Waals surface area contributed by atoms with Gasteiger partial charge in [-0.05, 0) is 47.5 Å². The van der Waals surface area contributed by atoms with Crippen molar-refractivity contribution in [2.45, 2.75) is 19.9 Å². The molecule has 0 saturated carbocycles. The van der Waals surface area contributed by atoms with Crippen LogP contribution in [0.5, 0.6) is 0 Å². The molecular formula is C16H16BrNO. The molecule has 2 aromatic carbocycles. The summed E-state index contributed by atoms with van der Waals surface area (Å²) in [5, 5.41) is 3.01. The van der Waals surface area contributed by atoms with Crippen molar-refractivity contribution >= 4 is 21.8 Å². The number of aryl methyl sites for hydroxylation is 1. The summed E-state index contributed by atoms with van der Waals surface area (Å²) in [5.74, 6) is -0.0630. The van der Waals surface area contributed by atoms with Crippen LogP contribution < -0.4 is 5.32 Å². The van der Waals surface area contributed by atoms with E-state index < -0.39 is 0 Å². The van der Waals surface area contributed by atoms with Crippen LogP contribution in [0.3, 0.4) is 0 Å². The first-order chi connectivity index (χ1) is 9.08. The van der Waals surface area contributed by atoms with E-state index in [-0.39, 0.29) is 11.9 Å². The van der Waals surface area contributed by atoms with Gasteiger partial charge in [-0.2, -0.15) is 0 Å². The third-order valence-electron chi connectivity index (χ3n) is 3.01. The van der Waals surface area contributed by atoms with Gasteiger partial charge >= 0.3 is 0 Å². The van der Waals surface area contributed by atoms with Gasteiger partial charge in [0.05, 0.1) is 11.6 Å². The van der Waals surface area contributed by atoms with Gasteiger partial charge in [-0.15, -0.1) is 0 Å². The van der Waals surface area contributed by atoms with Gasteiger partial charge in [-0.25, -0.2) is 0 Å². The van der Waals surface area contributed by atoms with E-state index in [0.717, 1.165) is 15.6 Å². The number of halogens is 1. The normalized spacial score (nSPS) is 11.9. The lowest BCUT2D eigenvalue weighted by molar-refractivity contribution is 0.0939. The summed E-state index contributed by atoms with van der Waals surface area (Å²) in [6.45, 7) is 3.96. The Labute approximate surface area is 122 Å². The van der Waals surface area contributed by atoms with Crippen molar-refractivity contribution in [2.75, 3.05) is 0 Å². The number of benzene rings is 2. The van der Waals surface area contributed by atoms with Gasteiger partial charge < -0.3 is 5.32 Å². The van der Waals surface area contributed by atoms with E-state index >= 15 is 0 Å². The topological polar surface area (TPSA) is 29.1 Å². The van der Waals surface area contributed by atoms with Crippen LogP contribution in [0.25, 0.3) is 0 Å². The highest BCUT2D eigenvalue weighted by Crippen LogP contribution is 2.19. The summed E-state index contributed by atoms with van der Waals surface area (Å²) in [4.78, 5) is 12.3. The maximum Gasteiger partial charge on any atom is 0.252 e. The molecule has 0 radical (unpaired) electrons. The zero-order valence-corrected chi connectivity index (χ0v) is 12.6. The second kappa shape index (κ2) is 6.02. The molecule has 0 unspecified atom stereocenters. The van der Waals surface area contributed by atoms with Gasteiger partial charge in [0.15, 0.2) is 0 Å². The molecule has 0 bridgehead atoms. The zero-order valence-electron chi connectivity index (χ0n) is 11.0. The van der Waals surface area contributed by atoms with Crippen LogP contribution in [0, 0.1) is 6.92 Å². The smallest absolute Gasteiger partial charge is 0.252 e. The molecule has 0 fully saturated rings. The second-order valence-corrected chi connectivity index (χ2v) is 5.44. The number of carbonyl (C=O) groups is 1. The lowest BCUT2D eigenvalue weighted by atomic mass is 10.1. The van der Waals surface area contributed by atoms with Gasteiger partial charge in [-0.1, -0.05) is 42.0 Å². The second-order valence-electron chi connectivity index (χ2n) is 4.59. The predicted octanol–water partition coefficient (Wildman–Crippen LogP) is 4.25. The fourth-order valence-electron chi connectivity index (χ4n) is 1.91. The van der Waals surface area contributed by atoms with Crippen LogP contribution in [-0.4, -0.2) is 5.91 Å². The van der Waals surface area contributed by atoms with Crippen molar-refractivity contribution in [3.05, 3.63) is 69.7 Å². The first kappa shape index (κ1) is 13.8. The molecule has 19 heavy (non-hydrogen) atoms. The minimum atomic E-state index is -0.0630. The van der Waals surface area contributed by atoms with E-state index in [1.807, 2.05) is 62.4 Å². The SMILES string of the molecule is Cc1ccc(Br)c(C(=O)N[C@@H](C)c2ccccc2)c1. The Kier molecular flexibility index (Phi) is 4.38. The van der Waals surface area contributed by atoms with Crippen molar-refractivity contribution in [3.8, 4) is 0 Å². The molecule has 0 heterocycles. The van der Waals surface area contributed by atoms with Crippen LogP contribution in [0.15, 0.2) is 53.0 Å². The molecule has 0 saturated heterocycles. The van der Waals surface area contributed by atoms with Crippen molar-refractivity contribution in [2.24, 2.45) is 0 Å². The lowest BCUT2D eigenvalue weighted by Gasteiger charge is -2.15. The molecule has 0 aliphatic heterocycles. The number of carbonyl (C=O) groups excluding carboxylic acids is 1. The predicted molar refractivity (Wildman–Crippen MR) is 81.2 cm³/mol. The zero-order chi connectivity index (χ0) is 13.8. The van der Waals surface area contributed by atoms with Crippen LogP contribution in [0.1, 0.15) is 34.5 Å². The van der Waals surface area contributed by atoms with Crippen LogP contribution in [0.4, 0.5) is 0 Å². The molecule has 3 heteroatoms. The van der Waals surface area contributed by atoms with Crippen molar-refractivity contribution in [1.29, 1.82) is 0 Å². The maximum absolute atomic E-state index is 12.3. The Morgan fingerprint density at radius 1 is 1.16 bits per heavy atom. The molecule has 2 aromatic rings. The maximum atomic E-state index is 12.3. The standard InChI is InChI=1S/C16H16BrNO/c1-11-8-9-15(17)14(10-11)16(19)18-12(2)13-6-4-3-5-7-13/h3-10,12H,1-2H3,(H,18,19)/t12-/m0/s1. The molecule has 1 N–H and O–H groups in total. The summed E-state index contributed by atoms with van der Waals surface area (Å²) in [5.41, 5.74) is 2.84. The molecule has 2 nitrogen and oxygen atoms in total. The largest absolute Gasteiger partial charge is 0.345 e. The number of nitrogens with one attached hydrogen (secondary N) is 1. The Hall–Kier alpha value is -1.61.